The molecule has 2 atom stereocenters. The summed E-state index contributed by atoms with van der Waals surface area (Å²) in [5.74, 6) is -0.0534. The number of rotatable bonds is 9. The largest absolute Gasteiger partial charge is 0.383 e. The van der Waals surface area contributed by atoms with Crippen LogP contribution in [-0.2, 0) is 9.53 Å². The van der Waals surface area contributed by atoms with E-state index in [9.17, 15) is 9.59 Å². The molecule has 0 fully saturated rings. The fourth-order valence-corrected chi connectivity index (χ4v) is 5.42. The Hall–Kier alpha value is -3.90. The van der Waals surface area contributed by atoms with Gasteiger partial charge in [0.05, 0.1) is 18.3 Å². The van der Waals surface area contributed by atoms with Crippen LogP contribution < -0.4 is 5.32 Å². The zero-order valence-corrected chi connectivity index (χ0v) is 21.5. The third-order valence-corrected chi connectivity index (χ3v) is 7.02. The Balaban J connectivity index is 1.72. The molecule has 0 bridgehead atoms. The Morgan fingerprint density at radius 1 is 1.00 bits per heavy atom. The fourth-order valence-electron chi connectivity index (χ4n) is 5.42. The van der Waals surface area contributed by atoms with Crippen molar-refractivity contribution in [2.45, 2.75) is 32.4 Å². The minimum Gasteiger partial charge on any atom is -0.383 e. The molecule has 5 rings (SSSR count). The second kappa shape index (κ2) is 10.6. The van der Waals surface area contributed by atoms with Gasteiger partial charge in [0.2, 0.25) is 5.91 Å². The summed E-state index contributed by atoms with van der Waals surface area (Å²) in [6.07, 6.45) is 0.554. The first kappa shape index (κ1) is 24.8. The number of para-hydroxylation sites is 1. The molecule has 1 aliphatic rings. The lowest BCUT2D eigenvalue weighted by Gasteiger charge is -2.34. The second-order valence-electron chi connectivity index (χ2n) is 9.96. The topological polar surface area (TPSA) is 74.4 Å². The summed E-state index contributed by atoms with van der Waals surface area (Å²) in [7, 11) is 1.61. The number of aromatic amines is 1. The molecule has 3 aromatic carbocycles. The first-order valence-corrected chi connectivity index (χ1v) is 12.9. The summed E-state index contributed by atoms with van der Waals surface area (Å²) in [5.41, 5.74) is 5.58. The van der Waals surface area contributed by atoms with E-state index in [1.54, 1.807) is 7.11 Å². The maximum absolute atomic E-state index is 14.1. The van der Waals surface area contributed by atoms with Crippen molar-refractivity contribution in [1.82, 2.24) is 15.2 Å². The van der Waals surface area contributed by atoms with E-state index >= 15 is 0 Å². The van der Waals surface area contributed by atoms with Crippen LogP contribution in [0.25, 0.3) is 22.2 Å². The SMILES string of the molecule is COCCNC(=O)C(CC(C)C)N1C(=O)c2ccccc2C1c1c(-c2ccccc2)[nH]c2ccccc12. The molecule has 1 aliphatic heterocycles. The average Bonchev–Trinajstić information content (AvgIpc) is 3.43. The lowest BCUT2D eigenvalue weighted by molar-refractivity contribution is -0.126. The van der Waals surface area contributed by atoms with Gasteiger partial charge in [0, 0.05) is 35.7 Å². The van der Waals surface area contributed by atoms with Crippen molar-refractivity contribution in [2.24, 2.45) is 5.92 Å². The lowest BCUT2D eigenvalue weighted by atomic mass is 9.91. The Morgan fingerprint density at radius 2 is 1.70 bits per heavy atom. The molecule has 6 nitrogen and oxygen atoms in total. The van der Waals surface area contributed by atoms with Crippen LogP contribution in [0.5, 0.6) is 0 Å². The predicted octanol–water partition coefficient (Wildman–Crippen LogP) is 5.56. The van der Waals surface area contributed by atoms with Crippen molar-refractivity contribution in [3.63, 3.8) is 0 Å². The zero-order chi connectivity index (χ0) is 25.9. The van der Waals surface area contributed by atoms with Crippen molar-refractivity contribution in [3.8, 4) is 11.3 Å². The second-order valence-corrected chi connectivity index (χ2v) is 9.96. The summed E-state index contributed by atoms with van der Waals surface area (Å²) >= 11 is 0. The fraction of sp³-hybridized carbons (Fsp3) is 0.290. The van der Waals surface area contributed by atoms with Crippen LogP contribution in [0.3, 0.4) is 0 Å². The summed E-state index contributed by atoms with van der Waals surface area (Å²) < 4.78 is 5.14. The van der Waals surface area contributed by atoms with Gasteiger partial charge in [-0.05, 0) is 35.6 Å². The molecule has 1 aromatic heterocycles. The quantitative estimate of drug-likeness (QED) is 0.299. The van der Waals surface area contributed by atoms with Gasteiger partial charge in [0.15, 0.2) is 0 Å². The van der Waals surface area contributed by atoms with Crippen molar-refractivity contribution in [2.75, 3.05) is 20.3 Å². The summed E-state index contributed by atoms with van der Waals surface area (Å²) in [6.45, 7) is 4.97. The first-order valence-electron chi connectivity index (χ1n) is 12.9. The van der Waals surface area contributed by atoms with Gasteiger partial charge >= 0.3 is 0 Å². The molecule has 2 heterocycles. The third-order valence-electron chi connectivity index (χ3n) is 7.02. The maximum atomic E-state index is 14.1. The van der Waals surface area contributed by atoms with Crippen molar-refractivity contribution in [3.05, 3.63) is 95.6 Å². The first-order chi connectivity index (χ1) is 18.0. The molecular weight excluding hydrogens is 462 g/mol. The van der Waals surface area contributed by atoms with Crippen LogP contribution in [0, 0.1) is 5.92 Å². The summed E-state index contributed by atoms with van der Waals surface area (Å²) in [4.78, 5) is 33.1. The number of aromatic nitrogens is 1. The van der Waals surface area contributed by atoms with Gasteiger partial charge in [0.25, 0.3) is 5.91 Å². The molecule has 2 amide bonds. The number of methoxy groups -OCH3 is 1. The van der Waals surface area contributed by atoms with E-state index in [1.807, 2.05) is 59.5 Å². The number of hydrogen-bond donors (Lipinski definition) is 2. The van der Waals surface area contributed by atoms with Crippen molar-refractivity contribution < 1.29 is 14.3 Å². The van der Waals surface area contributed by atoms with Crippen LogP contribution in [0.1, 0.15) is 47.8 Å². The minimum absolute atomic E-state index is 0.113. The van der Waals surface area contributed by atoms with E-state index in [-0.39, 0.29) is 17.7 Å². The van der Waals surface area contributed by atoms with E-state index in [0.29, 0.717) is 25.1 Å². The number of nitrogens with one attached hydrogen (secondary N) is 2. The molecule has 0 spiro atoms. The lowest BCUT2D eigenvalue weighted by Crippen LogP contribution is -2.50. The van der Waals surface area contributed by atoms with Crippen molar-refractivity contribution in [1.29, 1.82) is 0 Å². The highest BCUT2D eigenvalue weighted by molar-refractivity contribution is 6.04. The number of amides is 2. The highest BCUT2D eigenvalue weighted by Gasteiger charge is 2.45. The Kier molecular flexibility index (Phi) is 7.10. The van der Waals surface area contributed by atoms with Gasteiger partial charge in [-0.25, -0.2) is 0 Å². The minimum atomic E-state index is -0.626. The zero-order valence-electron chi connectivity index (χ0n) is 21.5. The standard InChI is InChI=1S/C31H33N3O3/c1-20(2)19-26(30(35)32-17-18-37-3)34-29(22-13-7-8-14-23(22)31(34)36)27-24-15-9-10-16-25(24)33-28(27)21-11-5-4-6-12-21/h4-16,20,26,29,33H,17-19H2,1-3H3,(H,32,35). The van der Waals surface area contributed by atoms with Crippen molar-refractivity contribution >= 4 is 22.7 Å². The van der Waals surface area contributed by atoms with E-state index in [2.05, 4.69) is 48.4 Å². The third kappa shape index (κ3) is 4.65. The number of ether oxygens (including phenoxy) is 1. The van der Waals surface area contributed by atoms with Crippen LogP contribution in [0.2, 0.25) is 0 Å². The monoisotopic (exact) mass is 495 g/mol. The highest BCUT2D eigenvalue weighted by atomic mass is 16.5. The number of carbonyl (C=O) groups is 2. The number of hydrogen-bond acceptors (Lipinski definition) is 3. The van der Waals surface area contributed by atoms with E-state index in [1.165, 1.54) is 0 Å². The molecule has 190 valence electrons. The molecule has 6 heteroatoms. The van der Waals surface area contributed by atoms with Gasteiger partial charge in [-0.15, -0.1) is 0 Å². The van der Waals surface area contributed by atoms with E-state index in [4.69, 9.17) is 4.74 Å². The number of H-pyrrole nitrogens is 1. The van der Waals surface area contributed by atoms with Gasteiger partial charge < -0.3 is 19.9 Å². The molecule has 4 aromatic rings. The average molecular weight is 496 g/mol. The number of nitrogens with zero attached hydrogens (tertiary/aromatic N) is 1. The molecule has 2 N–H and O–H groups in total. The maximum Gasteiger partial charge on any atom is 0.255 e. The molecule has 0 aliphatic carbocycles. The summed E-state index contributed by atoms with van der Waals surface area (Å²) in [5, 5.41) is 4.04. The smallest absolute Gasteiger partial charge is 0.255 e. The van der Waals surface area contributed by atoms with E-state index < -0.39 is 12.1 Å². The van der Waals surface area contributed by atoms with Gasteiger partial charge in [-0.2, -0.15) is 0 Å². The van der Waals surface area contributed by atoms with Gasteiger partial charge in [-0.3, -0.25) is 9.59 Å². The van der Waals surface area contributed by atoms with Gasteiger partial charge in [0.1, 0.15) is 6.04 Å². The number of benzene rings is 3. The molecule has 0 saturated heterocycles. The highest BCUT2D eigenvalue weighted by Crippen LogP contribution is 2.46. The van der Waals surface area contributed by atoms with Crippen LogP contribution in [-0.4, -0.2) is 48.0 Å². The van der Waals surface area contributed by atoms with Gasteiger partial charge in [-0.1, -0.05) is 80.6 Å². The van der Waals surface area contributed by atoms with Crippen LogP contribution in [0.4, 0.5) is 0 Å². The predicted molar refractivity (Wildman–Crippen MR) is 146 cm³/mol. The molecule has 0 radical (unpaired) electrons. The molecule has 2 unspecified atom stereocenters. The Labute approximate surface area is 217 Å². The normalized spacial score (nSPS) is 15.8. The summed E-state index contributed by atoms with van der Waals surface area (Å²) in [6, 6.07) is 25.1. The van der Waals surface area contributed by atoms with Crippen LogP contribution >= 0.6 is 0 Å². The Morgan fingerprint density at radius 3 is 2.46 bits per heavy atom. The molecular formula is C31H33N3O3. The van der Waals surface area contributed by atoms with E-state index in [0.717, 1.165) is 33.3 Å². The molecule has 0 saturated carbocycles. The Bertz CT molecular complexity index is 1410. The van der Waals surface area contributed by atoms with Crippen LogP contribution in [0.15, 0.2) is 78.9 Å². The number of carbonyl (C=O) groups excluding carboxylic acids is 2. The number of fused-ring (bicyclic) bond motifs is 2. The molecule has 37 heavy (non-hydrogen) atoms.